The lowest BCUT2D eigenvalue weighted by atomic mass is 9.89. The summed E-state index contributed by atoms with van der Waals surface area (Å²) in [5.74, 6) is 0.865. The molecule has 1 unspecified atom stereocenters. The molecule has 1 aliphatic heterocycles. The number of rotatable bonds is 2. The van der Waals surface area contributed by atoms with E-state index in [2.05, 4.69) is 15.2 Å². The molecular weight excluding hydrogens is 228 g/mol. The average molecular weight is 248 g/mol. The van der Waals surface area contributed by atoms with Crippen LogP contribution in [0.5, 0.6) is 0 Å². The number of nitrogen functional groups attached to an aromatic ring is 1. The maximum absolute atomic E-state index is 11.9. The summed E-state index contributed by atoms with van der Waals surface area (Å²) in [7, 11) is 1.68. The van der Waals surface area contributed by atoms with E-state index in [-0.39, 0.29) is 11.3 Å². The third-order valence-corrected chi connectivity index (χ3v) is 3.58. The number of nitrogens with two attached hydrogens (primary N) is 1. The maximum atomic E-state index is 11.9. The van der Waals surface area contributed by atoms with Crippen molar-refractivity contribution in [3.8, 4) is 0 Å². The summed E-state index contributed by atoms with van der Waals surface area (Å²) in [6.07, 6.45) is 2.63. The van der Waals surface area contributed by atoms with Crippen LogP contribution in [0.2, 0.25) is 0 Å². The zero-order chi connectivity index (χ0) is 13.3. The largest absolute Gasteiger partial charge is 0.396 e. The van der Waals surface area contributed by atoms with Crippen molar-refractivity contribution in [1.29, 1.82) is 0 Å². The molecule has 5 nitrogen and oxygen atoms in total. The highest BCUT2D eigenvalue weighted by Crippen LogP contribution is 2.34. The lowest BCUT2D eigenvalue weighted by Crippen LogP contribution is -2.39. The molecule has 1 aromatic heterocycles. The van der Waals surface area contributed by atoms with Gasteiger partial charge in [0.15, 0.2) is 5.82 Å². The number of aromatic nitrogens is 1. The van der Waals surface area contributed by atoms with Gasteiger partial charge in [-0.05, 0) is 31.9 Å². The minimum absolute atomic E-state index is 0.0793. The summed E-state index contributed by atoms with van der Waals surface area (Å²) in [6, 6.07) is 1.91. The van der Waals surface area contributed by atoms with Gasteiger partial charge in [-0.3, -0.25) is 4.79 Å². The Morgan fingerprint density at radius 2 is 2.33 bits per heavy atom. The Bertz CT molecular complexity index is 474. The molecule has 0 saturated carbocycles. The second-order valence-electron chi connectivity index (χ2n) is 5.24. The molecule has 1 amide bonds. The van der Waals surface area contributed by atoms with Crippen LogP contribution in [-0.4, -0.2) is 31.0 Å². The van der Waals surface area contributed by atoms with Gasteiger partial charge in [0.2, 0.25) is 5.91 Å². The van der Waals surface area contributed by atoms with E-state index in [1.807, 2.05) is 19.9 Å². The van der Waals surface area contributed by atoms with Crippen molar-refractivity contribution in [2.75, 3.05) is 30.8 Å². The van der Waals surface area contributed by atoms with Crippen molar-refractivity contribution in [1.82, 2.24) is 10.3 Å². The van der Waals surface area contributed by atoms with Crippen LogP contribution >= 0.6 is 0 Å². The number of nitrogens with zero attached hydrogens (tertiary/aromatic N) is 2. The van der Waals surface area contributed by atoms with Gasteiger partial charge in [0, 0.05) is 26.3 Å². The normalized spacial score (nSPS) is 23.2. The molecule has 0 aromatic carbocycles. The standard InChI is InChI=1S/C13H20N4O/c1-9-6-10(14)11(16-7-9)17-5-4-13(2,8-17)12(18)15-3/h6-7H,4-5,8,14H2,1-3H3,(H,15,18). The third kappa shape index (κ3) is 2.12. The van der Waals surface area contributed by atoms with Crippen molar-refractivity contribution in [2.24, 2.45) is 5.41 Å². The first-order valence-corrected chi connectivity index (χ1v) is 6.15. The molecule has 0 aliphatic carbocycles. The number of carbonyl (C=O) groups excluding carboxylic acids is 1. The van der Waals surface area contributed by atoms with E-state index < -0.39 is 0 Å². The van der Waals surface area contributed by atoms with Crippen molar-refractivity contribution < 1.29 is 4.79 Å². The van der Waals surface area contributed by atoms with E-state index in [0.29, 0.717) is 12.2 Å². The predicted molar refractivity (Wildman–Crippen MR) is 72.4 cm³/mol. The van der Waals surface area contributed by atoms with Crippen LogP contribution in [0.4, 0.5) is 11.5 Å². The molecule has 1 fully saturated rings. The molecule has 0 bridgehead atoms. The number of carbonyl (C=O) groups is 1. The average Bonchev–Trinajstić information content (AvgIpc) is 2.72. The fourth-order valence-corrected chi connectivity index (χ4v) is 2.48. The number of anilines is 2. The highest BCUT2D eigenvalue weighted by Gasteiger charge is 2.40. The minimum atomic E-state index is -0.353. The molecule has 0 radical (unpaired) electrons. The summed E-state index contributed by atoms with van der Waals surface area (Å²) in [5, 5.41) is 2.73. The van der Waals surface area contributed by atoms with Crippen LogP contribution in [-0.2, 0) is 4.79 Å². The molecule has 2 rings (SSSR count). The van der Waals surface area contributed by atoms with Gasteiger partial charge in [-0.2, -0.15) is 0 Å². The molecule has 1 aliphatic rings. The van der Waals surface area contributed by atoms with Crippen LogP contribution in [0.25, 0.3) is 0 Å². The van der Waals surface area contributed by atoms with Crippen LogP contribution in [0, 0.1) is 12.3 Å². The Morgan fingerprint density at radius 3 is 2.94 bits per heavy atom. The van der Waals surface area contributed by atoms with E-state index in [4.69, 9.17) is 5.73 Å². The van der Waals surface area contributed by atoms with Crippen LogP contribution in [0.3, 0.4) is 0 Å². The molecule has 18 heavy (non-hydrogen) atoms. The molecule has 0 spiro atoms. The number of hydrogen-bond acceptors (Lipinski definition) is 4. The van der Waals surface area contributed by atoms with Gasteiger partial charge in [0.25, 0.3) is 0 Å². The summed E-state index contributed by atoms with van der Waals surface area (Å²) >= 11 is 0. The first-order valence-electron chi connectivity index (χ1n) is 6.15. The van der Waals surface area contributed by atoms with Gasteiger partial charge in [-0.1, -0.05) is 0 Å². The first kappa shape index (κ1) is 12.7. The molecular formula is C13H20N4O. The first-order chi connectivity index (χ1) is 8.46. The van der Waals surface area contributed by atoms with Crippen molar-refractivity contribution in [3.05, 3.63) is 17.8 Å². The zero-order valence-electron chi connectivity index (χ0n) is 11.2. The highest BCUT2D eigenvalue weighted by molar-refractivity contribution is 5.83. The van der Waals surface area contributed by atoms with Gasteiger partial charge >= 0.3 is 0 Å². The quantitative estimate of drug-likeness (QED) is 0.817. The highest BCUT2D eigenvalue weighted by atomic mass is 16.2. The Hall–Kier alpha value is -1.78. The second-order valence-corrected chi connectivity index (χ2v) is 5.24. The zero-order valence-corrected chi connectivity index (χ0v) is 11.2. The molecule has 1 aromatic rings. The summed E-state index contributed by atoms with van der Waals surface area (Å²) < 4.78 is 0. The number of pyridine rings is 1. The van der Waals surface area contributed by atoms with Crippen molar-refractivity contribution >= 4 is 17.4 Å². The SMILES string of the molecule is CNC(=O)C1(C)CCN(c2ncc(C)cc2N)C1. The van der Waals surface area contributed by atoms with E-state index >= 15 is 0 Å². The Labute approximate surface area is 107 Å². The third-order valence-electron chi connectivity index (χ3n) is 3.58. The van der Waals surface area contributed by atoms with Gasteiger partial charge in [-0.25, -0.2) is 4.98 Å². The van der Waals surface area contributed by atoms with Crippen molar-refractivity contribution in [2.45, 2.75) is 20.3 Å². The number of amides is 1. The van der Waals surface area contributed by atoms with Crippen LogP contribution in [0.15, 0.2) is 12.3 Å². The summed E-state index contributed by atoms with van der Waals surface area (Å²) in [6.45, 7) is 5.42. The van der Waals surface area contributed by atoms with Crippen LogP contribution in [0.1, 0.15) is 18.9 Å². The minimum Gasteiger partial charge on any atom is -0.396 e. The molecule has 5 heteroatoms. The van der Waals surface area contributed by atoms with Gasteiger partial charge in [0.05, 0.1) is 11.1 Å². The molecule has 1 atom stereocenters. The number of aryl methyl sites for hydroxylation is 1. The number of nitrogens with one attached hydrogen (secondary N) is 1. The molecule has 3 N–H and O–H groups in total. The van der Waals surface area contributed by atoms with Gasteiger partial charge < -0.3 is 16.0 Å². The second kappa shape index (κ2) is 4.48. The summed E-state index contributed by atoms with van der Waals surface area (Å²) in [5.41, 5.74) is 7.36. The lowest BCUT2D eigenvalue weighted by molar-refractivity contribution is -0.128. The topological polar surface area (TPSA) is 71.2 Å². The van der Waals surface area contributed by atoms with E-state index in [9.17, 15) is 4.79 Å². The Kier molecular flexibility index (Phi) is 3.15. The maximum Gasteiger partial charge on any atom is 0.227 e. The van der Waals surface area contributed by atoms with Gasteiger partial charge in [-0.15, -0.1) is 0 Å². The van der Waals surface area contributed by atoms with Crippen LogP contribution < -0.4 is 16.0 Å². The lowest BCUT2D eigenvalue weighted by Gasteiger charge is -2.24. The molecule has 2 heterocycles. The fourth-order valence-electron chi connectivity index (χ4n) is 2.48. The van der Waals surface area contributed by atoms with E-state index in [1.165, 1.54) is 0 Å². The Balaban J connectivity index is 2.20. The fraction of sp³-hybridized carbons (Fsp3) is 0.538. The predicted octanol–water partition coefficient (Wildman–Crippen LogP) is 0.935. The molecule has 1 saturated heterocycles. The van der Waals surface area contributed by atoms with E-state index in [1.54, 1.807) is 13.2 Å². The van der Waals surface area contributed by atoms with E-state index in [0.717, 1.165) is 24.3 Å². The van der Waals surface area contributed by atoms with Crippen molar-refractivity contribution in [3.63, 3.8) is 0 Å². The van der Waals surface area contributed by atoms with Gasteiger partial charge in [0.1, 0.15) is 0 Å². The smallest absolute Gasteiger partial charge is 0.227 e. The monoisotopic (exact) mass is 248 g/mol. The summed E-state index contributed by atoms with van der Waals surface area (Å²) in [4.78, 5) is 18.3. The Morgan fingerprint density at radius 1 is 1.61 bits per heavy atom. The molecule has 98 valence electrons. The number of hydrogen-bond donors (Lipinski definition) is 2.